The second kappa shape index (κ2) is 4.50. The first-order valence-electron chi connectivity index (χ1n) is 4.78. The first kappa shape index (κ1) is 9.58. The lowest BCUT2D eigenvalue weighted by atomic mass is 10.2. The predicted octanol–water partition coefficient (Wildman–Crippen LogP) is 1.63. The number of rotatable bonds is 2. The molecule has 1 atom stereocenters. The molecule has 1 aromatic rings. The minimum Gasteiger partial charge on any atom is -0.331 e. The second-order valence-electron chi connectivity index (χ2n) is 3.28. The average Bonchev–Trinajstić information content (AvgIpc) is 2.72. The van der Waals surface area contributed by atoms with Crippen molar-refractivity contribution in [3.63, 3.8) is 0 Å². The maximum absolute atomic E-state index is 11.7. The van der Waals surface area contributed by atoms with E-state index in [4.69, 9.17) is 0 Å². The molecule has 14 heavy (non-hydrogen) atoms. The van der Waals surface area contributed by atoms with Gasteiger partial charge in [-0.15, -0.1) is 11.8 Å². The molecule has 1 aliphatic heterocycles. The van der Waals surface area contributed by atoms with Crippen LogP contribution in [0.5, 0.6) is 0 Å². The molecule has 2 heterocycles. The third-order valence-corrected chi connectivity index (χ3v) is 3.59. The van der Waals surface area contributed by atoms with E-state index in [1.165, 1.54) is 6.42 Å². The Balaban J connectivity index is 1.88. The SMILES string of the molecule is O=C(Nc1ncc[nH]1)C1CCCCS1. The van der Waals surface area contributed by atoms with Crippen molar-refractivity contribution in [2.75, 3.05) is 11.1 Å². The van der Waals surface area contributed by atoms with Gasteiger partial charge in [-0.05, 0) is 18.6 Å². The molecule has 0 radical (unpaired) electrons. The van der Waals surface area contributed by atoms with E-state index < -0.39 is 0 Å². The zero-order valence-corrected chi connectivity index (χ0v) is 8.64. The molecule has 4 nitrogen and oxygen atoms in total. The molecule has 1 aromatic heterocycles. The summed E-state index contributed by atoms with van der Waals surface area (Å²) in [5, 5.41) is 2.87. The first-order chi connectivity index (χ1) is 6.86. The van der Waals surface area contributed by atoms with Crippen molar-refractivity contribution in [1.29, 1.82) is 0 Å². The van der Waals surface area contributed by atoms with Crippen LogP contribution in [0.25, 0.3) is 0 Å². The standard InChI is InChI=1S/C9H13N3OS/c13-8(7-3-1-2-6-14-7)12-9-10-4-5-11-9/h4-5,7H,1-3,6H2,(H2,10,11,12,13). The Kier molecular flexibility index (Phi) is 3.08. The topological polar surface area (TPSA) is 57.8 Å². The normalized spacial score (nSPS) is 21.9. The third kappa shape index (κ3) is 2.29. The molecular weight excluding hydrogens is 198 g/mol. The van der Waals surface area contributed by atoms with Crippen LogP contribution >= 0.6 is 11.8 Å². The van der Waals surface area contributed by atoms with E-state index in [-0.39, 0.29) is 11.2 Å². The number of nitrogens with one attached hydrogen (secondary N) is 2. The van der Waals surface area contributed by atoms with Gasteiger partial charge in [-0.25, -0.2) is 4.98 Å². The molecule has 1 fully saturated rings. The molecule has 2 N–H and O–H groups in total. The van der Waals surface area contributed by atoms with Crippen molar-refractivity contribution in [1.82, 2.24) is 9.97 Å². The fraction of sp³-hybridized carbons (Fsp3) is 0.556. The van der Waals surface area contributed by atoms with Crippen LogP contribution in [0.1, 0.15) is 19.3 Å². The van der Waals surface area contributed by atoms with Crippen LogP contribution < -0.4 is 5.32 Å². The molecule has 1 amide bonds. The number of imidazole rings is 1. The van der Waals surface area contributed by atoms with E-state index in [0.29, 0.717) is 5.95 Å². The largest absolute Gasteiger partial charge is 0.331 e. The van der Waals surface area contributed by atoms with Crippen LogP contribution in [0.4, 0.5) is 5.95 Å². The predicted molar refractivity (Wildman–Crippen MR) is 57.3 cm³/mol. The molecule has 0 aliphatic carbocycles. The molecule has 1 saturated heterocycles. The number of amides is 1. The van der Waals surface area contributed by atoms with Crippen molar-refractivity contribution < 1.29 is 4.79 Å². The van der Waals surface area contributed by atoms with E-state index in [0.717, 1.165) is 18.6 Å². The molecule has 76 valence electrons. The highest BCUT2D eigenvalue weighted by Gasteiger charge is 2.21. The van der Waals surface area contributed by atoms with Crippen LogP contribution in [0.15, 0.2) is 12.4 Å². The highest BCUT2D eigenvalue weighted by molar-refractivity contribution is 8.00. The molecule has 0 spiro atoms. The fourth-order valence-electron chi connectivity index (χ4n) is 1.48. The lowest BCUT2D eigenvalue weighted by Gasteiger charge is -2.19. The monoisotopic (exact) mass is 211 g/mol. The van der Waals surface area contributed by atoms with Gasteiger partial charge in [0.05, 0.1) is 5.25 Å². The van der Waals surface area contributed by atoms with E-state index in [1.807, 2.05) is 0 Å². The Morgan fingerprint density at radius 3 is 3.21 bits per heavy atom. The van der Waals surface area contributed by atoms with Crippen molar-refractivity contribution in [2.24, 2.45) is 0 Å². The highest BCUT2D eigenvalue weighted by Crippen LogP contribution is 2.25. The summed E-state index contributed by atoms with van der Waals surface area (Å²) in [6, 6.07) is 0. The minimum atomic E-state index is 0.0738. The van der Waals surface area contributed by atoms with Crippen LogP contribution in [0.3, 0.4) is 0 Å². The van der Waals surface area contributed by atoms with Gasteiger partial charge < -0.3 is 4.98 Å². The number of H-pyrrole nitrogens is 1. The lowest BCUT2D eigenvalue weighted by Crippen LogP contribution is -2.27. The van der Waals surface area contributed by atoms with Gasteiger partial charge in [0.15, 0.2) is 0 Å². The van der Waals surface area contributed by atoms with Gasteiger partial charge in [-0.1, -0.05) is 6.42 Å². The molecule has 2 rings (SSSR count). The van der Waals surface area contributed by atoms with Gasteiger partial charge >= 0.3 is 0 Å². The number of carbonyl (C=O) groups is 1. The smallest absolute Gasteiger partial charge is 0.239 e. The summed E-state index contributed by atoms with van der Waals surface area (Å²) in [7, 11) is 0. The summed E-state index contributed by atoms with van der Waals surface area (Å²) in [6.45, 7) is 0. The third-order valence-electron chi connectivity index (χ3n) is 2.21. The molecule has 1 unspecified atom stereocenters. The molecular formula is C9H13N3OS. The summed E-state index contributed by atoms with van der Waals surface area (Å²) >= 11 is 1.74. The Morgan fingerprint density at radius 1 is 1.64 bits per heavy atom. The van der Waals surface area contributed by atoms with Crippen LogP contribution in [0.2, 0.25) is 0 Å². The summed E-state index contributed by atoms with van der Waals surface area (Å²) in [5.41, 5.74) is 0. The van der Waals surface area contributed by atoms with Crippen LogP contribution in [-0.2, 0) is 4.79 Å². The maximum Gasteiger partial charge on any atom is 0.239 e. The van der Waals surface area contributed by atoms with Crippen molar-refractivity contribution in [3.8, 4) is 0 Å². The van der Waals surface area contributed by atoms with Gasteiger partial charge in [0.1, 0.15) is 0 Å². The van der Waals surface area contributed by atoms with E-state index in [2.05, 4.69) is 15.3 Å². The van der Waals surface area contributed by atoms with Crippen molar-refractivity contribution in [2.45, 2.75) is 24.5 Å². The Labute approximate surface area is 86.9 Å². The zero-order valence-electron chi connectivity index (χ0n) is 7.82. The summed E-state index contributed by atoms with van der Waals surface area (Å²) in [4.78, 5) is 18.5. The second-order valence-corrected chi connectivity index (χ2v) is 4.59. The van der Waals surface area contributed by atoms with E-state index in [9.17, 15) is 4.79 Å². The number of thioether (sulfide) groups is 1. The van der Waals surface area contributed by atoms with Gasteiger partial charge in [-0.3, -0.25) is 10.1 Å². The van der Waals surface area contributed by atoms with Gasteiger partial charge in [0.25, 0.3) is 0 Å². The minimum absolute atomic E-state index is 0.0738. The number of carbonyl (C=O) groups excluding carboxylic acids is 1. The summed E-state index contributed by atoms with van der Waals surface area (Å²) in [6.07, 6.45) is 6.70. The van der Waals surface area contributed by atoms with Gasteiger partial charge in [0.2, 0.25) is 11.9 Å². The van der Waals surface area contributed by atoms with E-state index >= 15 is 0 Å². The summed E-state index contributed by atoms with van der Waals surface area (Å²) in [5.74, 6) is 1.71. The molecule has 1 aliphatic rings. The fourth-order valence-corrected chi connectivity index (χ4v) is 2.68. The molecule has 5 heteroatoms. The zero-order chi connectivity index (χ0) is 9.80. The summed E-state index contributed by atoms with van der Waals surface area (Å²) < 4.78 is 0. The van der Waals surface area contributed by atoms with Crippen molar-refractivity contribution >= 4 is 23.6 Å². The Morgan fingerprint density at radius 2 is 2.57 bits per heavy atom. The molecule has 0 bridgehead atoms. The number of hydrogen-bond donors (Lipinski definition) is 2. The Bertz CT molecular complexity index is 293. The number of hydrogen-bond acceptors (Lipinski definition) is 3. The van der Waals surface area contributed by atoms with Gasteiger partial charge in [-0.2, -0.15) is 0 Å². The molecule has 0 aromatic carbocycles. The Hall–Kier alpha value is -0.970. The quantitative estimate of drug-likeness (QED) is 0.781. The average molecular weight is 211 g/mol. The highest BCUT2D eigenvalue weighted by atomic mass is 32.2. The molecule has 0 saturated carbocycles. The lowest BCUT2D eigenvalue weighted by molar-refractivity contribution is -0.115. The van der Waals surface area contributed by atoms with Gasteiger partial charge in [0, 0.05) is 12.4 Å². The number of anilines is 1. The van der Waals surface area contributed by atoms with Crippen molar-refractivity contribution in [3.05, 3.63) is 12.4 Å². The maximum atomic E-state index is 11.7. The number of nitrogens with zero attached hydrogens (tertiary/aromatic N) is 1. The number of aromatic amines is 1. The van der Waals surface area contributed by atoms with Crippen LogP contribution in [-0.4, -0.2) is 26.9 Å². The van der Waals surface area contributed by atoms with E-state index in [1.54, 1.807) is 24.2 Å². The first-order valence-corrected chi connectivity index (χ1v) is 5.83. The van der Waals surface area contributed by atoms with Crippen LogP contribution in [0, 0.1) is 0 Å². The number of aromatic nitrogens is 2.